The molecule has 0 aliphatic heterocycles. The Balaban J connectivity index is 2.05. The fraction of sp³-hybridized carbons (Fsp3) is 0.417. The van der Waals surface area contributed by atoms with Crippen LogP contribution in [-0.2, 0) is 0 Å². The van der Waals surface area contributed by atoms with Crippen LogP contribution in [0.1, 0.15) is 23.2 Å². The highest BCUT2D eigenvalue weighted by molar-refractivity contribution is 9.10. The minimum absolute atomic E-state index is 0.0364. The van der Waals surface area contributed by atoms with Gasteiger partial charge in [0.05, 0.1) is 17.6 Å². The first kappa shape index (κ1) is 11.6. The van der Waals surface area contributed by atoms with E-state index in [1.54, 1.807) is 12.1 Å². The number of nitrogens with two attached hydrogens (primary N) is 1. The summed E-state index contributed by atoms with van der Waals surface area (Å²) in [6.45, 7) is 0.803. The lowest BCUT2D eigenvalue weighted by molar-refractivity contribution is 0.100. The molecule has 16 heavy (non-hydrogen) atoms. The average molecular weight is 284 g/mol. The van der Waals surface area contributed by atoms with E-state index in [1.165, 1.54) is 12.8 Å². The lowest BCUT2D eigenvalue weighted by atomic mass is 10.1. The standard InChI is InChI=1S/C12H14BrNO2/c13-10-5-9(11(15)6-14)3-4-12(10)16-7-8-1-2-8/h3-5,8H,1-2,6-7,14H2. The third-order valence-electron chi connectivity index (χ3n) is 2.61. The second kappa shape index (κ2) is 4.97. The molecule has 0 aromatic heterocycles. The van der Waals surface area contributed by atoms with Gasteiger partial charge in [0, 0.05) is 5.56 Å². The number of carbonyl (C=O) groups is 1. The van der Waals surface area contributed by atoms with Gasteiger partial charge in [0.2, 0.25) is 0 Å². The highest BCUT2D eigenvalue weighted by Crippen LogP contribution is 2.32. The molecule has 1 aromatic rings. The molecule has 0 amide bonds. The van der Waals surface area contributed by atoms with Crippen molar-refractivity contribution in [1.82, 2.24) is 0 Å². The summed E-state index contributed by atoms with van der Waals surface area (Å²) in [7, 11) is 0. The smallest absolute Gasteiger partial charge is 0.176 e. The highest BCUT2D eigenvalue weighted by Gasteiger charge is 2.22. The predicted octanol–water partition coefficient (Wildman–Crippen LogP) is 2.38. The first-order valence-electron chi connectivity index (χ1n) is 5.36. The Bertz CT molecular complexity index is 402. The van der Waals surface area contributed by atoms with Gasteiger partial charge in [-0.1, -0.05) is 0 Å². The number of benzene rings is 1. The molecule has 3 nitrogen and oxygen atoms in total. The van der Waals surface area contributed by atoms with E-state index in [9.17, 15) is 4.79 Å². The van der Waals surface area contributed by atoms with E-state index in [-0.39, 0.29) is 12.3 Å². The third-order valence-corrected chi connectivity index (χ3v) is 3.23. The van der Waals surface area contributed by atoms with Gasteiger partial charge in [-0.3, -0.25) is 4.79 Å². The molecule has 4 heteroatoms. The monoisotopic (exact) mass is 283 g/mol. The van der Waals surface area contributed by atoms with Crippen molar-refractivity contribution in [1.29, 1.82) is 0 Å². The number of carbonyl (C=O) groups excluding carboxylic acids is 1. The summed E-state index contributed by atoms with van der Waals surface area (Å²) in [6.07, 6.45) is 2.53. The quantitative estimate of drug-likeness (QED) is 0.845. The summed E-state index contributed by atoms with van der Waals surface area (Å²) >= 11 is 3.40. The van der Waals surface area contributed by atoms with E-state index in [0.717, 1.165) is 22.7 Å². The van der Waals surface area contributed by atoms with E-state index in [4.69, 9.17) is 10.5 Å². The maximum Gasteiger partial charge on any atom is 0.176 e. The van der Waals surface area contributed by atoms with Crippen LogP contribution in [0.3, 0.4) is 0 Å². The molecule has 0 heterocycles. The van der Waals surface area contributed by atoms with Gasteiger partial charge >= 0.3 is 0 Å². The van der Waals surface area contributed by atoms with E-state index >= 15 is 0 Å². The van der Waals surface area contributed by atoms with Gasteiger partial charge in [-0.2, -0.15) is 0 Å². The molecule has 1 saturated carbocycles. The topological polar surface area (TPSA) is 52.3 Å². The van der Waals surface area contributed by atoms with Crippen molar-refractivity contribution in [3.63, 3.8) is 0 Å². The van der Waals surface area contributed by atoms with Crippen molar-refractivity contribution in [2.75, 3.05) is 13.2 Å². The van der Waals surface area contributed by atoms with E-state index in [2.05, 4.69) is 15.9 Å². The summed E-state index contributed by atoms with van der Waals surface area (Å²) in [4.78, 5) is 11.4. The van der Waals surface area contributed by atoms with E-state index in [0.29, 0.717) is 5.56 Å². The van der Waals surface area contributed by atoms with Crippen molar-refractivity contribution < 1.29 is 9.53 Å². The molecule has 86 valence electrons. The summed E-state index contributed by atoms with van der Waals surface area (Å²) in [6, 6.07) is 5.33. The average Bonchev–Trinajstić information content (AvgIpc) is 3.10. The Labute approximate surface area is 103 Å². The van der Waals surface area contributed by atoms with Crippen molar-refractivity contribution in [3.8, 4) is 5.75 Å². The van der Waals surface area contributed by atoms with Crippen molar-refractivity contribution >= 4 is 21.7 Å². The zero-order valence-corrected chi connectivity index (χ0v) is 10.5. The first-order chi connectivity index (χ1) is 7.70. The molecule has 1 aromatic carbocycles. The van der Waals surface area contributed by atoms with E-state index < -0.39 is 0 Å². The van der Waals surface area contributed by atoms with Crippen LogP contribution in [0, 0.1) is 5.92 Å². The van der Waals surface area contributed by atoms with Crippen molar-refractivity contribution in [2.45, 2.75) is 12.8 Å². The fourth-order valence-corrected chi connectivity index (χ4v) is 1.89. The Morgan fingerprint density at radius 2 is 2.25 bits per heavy atom. The second-order valence-corrected chi connectivity index (χ2v) is 4.88. The summed E-state index contributed by atoms with van der Waals surface area (Å²) in [5.41, 5.74) is 5.92. The number of halogens is 1. The second-order valence-electron chi connectivity index (χ2n) is 4.03. The molecule has 0 unspecified atom stereocenters. The highest BCUT2D eigenvalue weighted by atomic mass is 79.9. The van der Waals surface area contributed by atoms with Crippen LogP contribution in [0.25, 0.3) is 0 Å². The van der Waals surface area contributed by atoms with Gasteiger partial charge < -0.3 is 10.5 Å². The van der Waals surface area contributed by atoms with E-state index in [1.807, 2.05) is 6.07 Å². The zero-order valence-electron chi connectivity index (χ0n) is 8.91. The number of Topliss-reactive ketones (excluding diaryl/α,β-unsaturated/α-hetero) is 1. The van der Waals surface area contributed by atoms with Crippen LogP contribution < -0.4 is 10.5 Å². The normalized spacial score (nSPS) is 14.9. The van der Waals surface area contributed by atoms with Crippen LogP contribution in [0.2, 0.25) is 0 Å². The van der Waals surface area contributed by atoms with Crippen LogP contribution in [-0.4, -0.2) is 18.9 Å². The minimum Gasteiger partial charge on any atom is -0.492 e. The molecule has 0 spiro atoms. The number of ketones is 1. The molecule has 0 bridgehead atoms. The number of rotatable bonds is 5. The van der Waals surface area contributed by atoms with Crippen LogP contribution in [0.15, 0.2) is 22.7 Å². The Hall–Kier alpha value is -0.870. The van der Waals surface area contributed by atoms with Gasteiger partial charge in [-0.05, 0) is 52.9 Å². The lowest BCUT2D eigenvalue weighted by Gasteiger charge is -2.08. The van der Waals surface area contributed by atoms with Crippen LogP contribution >= 0.6 is 15.9 Å². The molecule has 0 saturated heterocycles. The predicted molar refractivity (Wildman–Crippen MR) is 65.7 cm³/mol. The van der Waals surface area contributed by atoms with Gasteiger partial charge in [0.15, 0.2) is 5.78 Å². The Kier molecular flexibility index (Phi) is 3.61. The van der Waals surface area contributed by atoms with Crippen molar-refractivity contribution in [2.24, 2.45) is 11.7 Å². The van der Waals surface area contributed by atoms with Gasteiger partial charge in [0.1, 0.15) is 5.75 Å². The minimum atomic E-state index is -0.0607. The third kappa shape index (κ3) is 2.83. The van der Waals surface area contributed by atoms with Crippen LogP contribution in [0.4, 0.5) is 0 Å². The molecule has 2 N–H and O–H groups in total. The summed E-state index contributed by atoms with van der Waals surface area (Å²) < 4.78 is 6.45. The molecule has 2 rings (SSSR count). The zero-order chi connectivity index (χ0) is 11.5. The van der Waals surface area contributed by atoms with Crippen LogP contribution in [0.5, 0.6) is 5.75 Å². The largest absolute Gasteiger partial charge is 0.492 e. The first-order valence-corrected chi connectivity index (χ1v) is 6.15. The molecule has 1 aliphatic carbocycles. The number of ether oxygens (including phenoxy) is 1. The Morgan fingerprint density at radius 1 is 1.50 bits per heavy atom. The number of hydrogen-bond acceptors (Lipinski definition) is 3. The fourth-order valence-electron chi connectivity index (χ4n) is 1.40. The van der Waals surface area contributed by atoms with Gasteiger partial charge in [-0.15, -0.1) is 0 Å². The Morgan fingerprint density at radius 3 is 2.81 bits per heavy atom. The maximum absolute atomic E-state index is 11.4. The maximum atomic E-state index is 11.4. The van der Waals surface area contributed by atoms with Crippen molar-refractivity contribution in [3.05, 3.63) is 28.2 Å². The molecular weight excluding hydrogens is 270 g/mol. The number of hydrogen-bond donors (Lipinski definition) is 1. The molecule has 1 fully saturated rings. The molecule has 0 radical (unpaired) electrons. The molecular formula is C12H14BrNO2. The SMILES string of the molecule is NCC(=O)c1ccc(OCC2CC2)c(Br)c1. The lowest BCUT2D eigenvalue weighted by Crippen LogP contribution is -2.13. The molecule has 1 aliphatic rings. The summed E-state index contributed by atoms with van der Waals surface area (Å²) in [5, 5.41) is 0. The summed E-state index contributed by atoms with van der Waals surface area (Å²) in [5.74, 6) is 1.45. The molecule has 0 atom stereocenters. The van der Waals surface area contributed by atoms with Gasteiger partial charge in [0.25, 0.3) is 0 Å². The van der Waals surface area contributed by atoms with Gasteiger partial charge in [-0.25, -0.2) is 0 Å².